The molecular weight excluding hydrogens is 418 g/mol. The van der Waals surface area contributed by atoms with E-state index in [0.29, 0.717) is 65.3 Å². The molecule has 2 aliphatic heterocycles. The molecule has 0 saturated carbocycles. The highest BCUT2D eigenvalue weighted by atomic mass is 32.2. The molecule has 0 atom stereocenters. The molecule has 0 spiro atoms. The number of ketones is 1. The van der Waals surface area contributed by atoms with Gasteiger partial charge in [-0.05, 0) is 37.1 Å². The first-order chi connectivity index (χ1) is 15.2. The van der Waals surface area contributed by atoms with Crippen molar-refractivity contribution in [1.82, 2.24) is 10.3 Å². The minimum absolute atomic E-state index is 0.0587. The molecule has 0 radical (unpaired) electrons. The highest BCUT2D eigenvalue weighted by Crippen LogP contribution is 2.36. The standard InChI is InChI=1S/C22H19N3O5S/c26-19(13-3-7-28-8-4-13)20-18(16-2-1-6-29-16)24-17(12-31-20)25-21(27)15-10-14-5-9-30-22(14)23-11-15/h1-2,5-6,9-11,13H,3-4,7-8,12H2,(H,24,25,27). The second-order valence-corrected chi connectivity index (χ2v) is 8.23. The first-order valence-corrected chi connectivity index (χ1v) is 10.9. The van der Waals surface area contributed by atoms with Crippen molar-refractivity contribution in [3.05, 3.63) is 59.2 Å². The van der Waals surface area contributed by atoms with Gasteiger partial charge in [-0.15, -0.1) is 11.8 Å². The number of aliphatic imine (C=N–C) groups is 1. The van der Waals surface area contributed by atoms with E-state index in [1.165, 1.54) is 30.5 Å². The lowest BCUT2D eigenvalue weighted by molar-refractivity contribution is -0.121. The zero-order valence-corrected chi connectivity index (χ0v) is 17.3. The Morgan fingerprint density at radius 3 is 2.81 bits per heavy atom. The lowest BCUT2D eigenvalue weighted by atomic mass is 9.94. The molecule has 1 saturated heterocycles. The van der Waals surface area contributed by atoms with Crippen LogP contribution < -0.4 is 5.32 Å². The quantitative estimate of drug-likeness (QED) is 0.664. The molecule has 0 bridgehead atoms. The molecule has 31 heavy (non-hydrogen) atoms. The van der Waals surface area contributed by atoms with E-state index in [1.807, 2.05) is 0 Å². The van der Waals surface area contributed by atoms with E-state index in [-0.39, 0.29) is 17.6 Å². The maximum atomic E-state index is 13.2. The number of hydrogen-bond donors (Lipinski definition) is 1. The first kappa shape index (κ1) is 19.8. The summed E-state index contributed by atoms with van der Waals surface area (Å²) in [4.78, 5) is 35.2. The summed E-state index contributed by atoms with van der Waals surface area (Å²) in [5.74, 6) is 0.978. The molecule has 8 nitrogen and oxygen atoms in total. The van der Waals surface area contributed by atoms with Crippen LogP contribution in [0.5, 0.6) is 0 Å². The first-order valence-electron chi connectivity index (χ1n) is 9.94. The summed E-state index contributed by atoms with van der Waals surface area (Å²) < 4.78 is 16.1. The van der Waals surface area contributed by atoms with Gasteiger partial charge in [0.2, 0.25) is 5.71 Å². The van der Waals surface area contributed by atoms with Gasteiger partial charge in [-0.25, -0.2) is 9.98 Å². The van der Waals surface area contributed by atoms with Crippen LogP contribution in [-0.2, 0) is 9.53 Å². The Morgan fingerprint density at radius 1 is 1.13 bits per heavy atom. The third-order valence-electron chi connectivity index (χ3n) is 5.21. The van der Waals surface area contributed by atoms with Gasteiger partial charge in [-0.1, -0.05) is 0 Å². The van der Waals surface area contributed by atoms with Gasteiger partial charge in [0.15, 0.2) is 11.5 Å². The monoisotopic (exact) mass is 437 g/mol. The number of nitrogens with one attached hydrogen (secondary N) is 1. The number of fused-ring (bicyclic) bond motifs is 1. The van der Waals surface area contributed by atoms with Gasteiger partial charge >= 0.3 is 0 Å². The minimum Gasteiger partial charge on any atom is -0.463 e. The Kier molecular flexibility index (Phi) is 5.44. The van der Waals surface area contributed by atoms with Crippen molar-refractivity contribution >= 4 is 46.1 Å². The molecule has 9 heteroatoms. The predicted molar refractivity (Wildman–Crippen MR) is 116 cm³/mol. The minimum atomic E-state index is -0.326. The molecule has 1 fully saturated rings. The van der Waals surface area contributed by atoms with Gasteiger partial charge in [-0.3, -0.25) is 9.59 Å². The molecule has 0 unspecified atom stereocenters. The molecule has 1 amide bonds. The summed E-state index contributed by atoms with van der Waals surface area (Å²) in [6.07, 6.45) is 5.92. The molecule has 5 rings (SSSR count). The smallest absolute Gasteiger partial charge is 0.258 e. The number of nitrogens with zero attached hydrogens (tertiary/aromatic N) is 2. The third-order valence-corrected chi connectivity index (χ3v) is 6.31. The number of ether oxygens (including phenoxy) is 1. The van der Waals surface area contributed by atoms with Crippen molar-refractivity contribution in [2.45, 2.75) is 12.8 Å². The molecule has 2 aliphatic rings. The lowest BCUT2D eigenvalue weighted by Gasteiger charge is -2.24. The summed E-state index contributed by atoms with van der Waals surface area (Å²) in [5.41, 5.74) is 1.33. The van der Waals surface area contributed by atoms with E-state index in [2.05, 4.69) is 15.3 Å². The average Bonchev–Trinajstić information content (AvgIpc) is 3.51. The Labute approximate surface area is 181 Å². The molecule has 3 aromatic rings. The van der Waals surface area contributed by atoms with E-state index >= 15 is 0 Å². The van der Waals surface area contributed by atoms with Gasteiger partial charge in [-0.2, -0.15) is 0 Å². The van der Waals surface area contributed by atoms with Gasteiger partial charge in [0.25, 0.3) is 5.91 Å². The normalized spacial score (nSPS) is 17.6. The fraction of sp³-hybridized carbons (Fsp3) is 0.273. The van der Waals surface area contributed by atoms with Crippen molar-refractivity contribution in [1.29, 1.82) is 0 Å². The number of amides is 1. The summed E-state index contributed by atoms with van der Waals surface area (Å²) in [7, 11) is 0. The molecule has 5 heterocycles. The summed E-state index contributed by atoms with van der Waals surface area (Å²) in [5, 5.41) is 3.58. The topological polar surface area (TPSA) is 107 Å². The number of carbonyl (C=O) groups excluding carboxylic acids is 2. The van der Waals surface area contributed by atoms with Crippen molar-refractivity contribution in [3.63, 3.8) is 0 Å². The lowest BCUT2D eigenvalue weighted by Crippen LogP contribution is -2.34. The number of amidine groups is 1. The molecular formula is C22H19N3O5S. The zero-order chi connectivity index (χ0) is 21.2. The Morgan fingerprint density at radius 2 is 2.00 bits per heavy atom. The number of thioether (sulfide) groups is 1. The van der Waals surface area contributed by atoms with Crippen LogP contribution in [0.15, 0.2) is 61.7 Å². The number of rotatable bonds is 4. The van der Waals surface area contributed by atoms with Crippen molar-refractivity contribution in [2.75, 3.05) is 19.0 Å². The number of allylic oxidation sites excluding steroid dienone is 1. The van der Waals surface area contributed by atoms with Crippen LogP contribution in [0.4, 0.5) is 0 Å². The van der Waals surface area contributed by atoms with Gasteiger partial charge in [0.1, 0.15) is 11.5 Å². The van der Waals surface area contributed by atoms with E-state index in [4.69, 9.17) is 13.6 Å². The number of furan rings is 2. The third kappa shape index (κ3) is 4.06. The maximum absolute atomic E-state index is 13.2. The summed E-state index contributed by atoms with van der Waals surface area (Å²) >= 11 is 1.37. The second-order valence-electron chi connectivity index (χ2n) is 7.25. The Bertz CT molecular complexity index is 1190. The zero-order valence-electron chi connectivity index (χ0n) is 16.5. The van der Waals surface area contributed by atoms with Crippen LogP contribution in [0, 0.1) is 5.92 Å². The van der Waals surface area contributed by atoms with Crippen molar-refractivity contribution in [3.8, 4) is 0 Å². The number of hydrogen-bond acceptors (Lipinski definition) is 8. The SMILES string of the molecule is O=C(NC1=NC(c2ccco2)=C(C(=O)C2CCOCC2)SC1)c1cnc2occc2c1. The summed E-state index contributed by atoms with van der Waals surface area (Å²) in [6.45, 7) is 1.17. The number of aromatic nitrogens is 1. The maximum Gasteiger partial charge on any atom is 0.258 e. The van der Waals surface area contributed by atoms with Crippen LogP contribution in [0.2, 0.25) is 0 Å². The number of carbonyl (C=O) groups is 2. The van der Waals surface area contributed by atoms with Crippen LogP contribution >= 0.6 is 11.8 Å². The molecule has 1 N–H and O–H groups in total. The van der Waals surface area contributed by atoms with Crippen LogP contribution in [0.25, 0.3) is 16.8 Å². The van der Waals surface area contributed by atoms with Crippen LogP contribution in [0.3, 0.4) is 0 Å². The molecule has 0 aliphatic carbocycles. The van der Waals surface area contributed by atoms with E-state index in [0.717, 1.165) is 5.39 Å². The Hall–Kier alpha value is -3.17. The highest BCUT2D eigenvalue weighted by molar-refractivity contribution is 8.04. The number of pyridine rings is 1. The second kappa shape index (κ2) is 8.52. The van der Waals surface area contributed by atoms with Gasteiger partial charge in [0.05, 0.1) is 28.7 Å². The predicted octanol–water partition coefficient (Wildman–Crippen LogP) is 3.66. The molecule has 158 valence electrons. The van der Waals surface area contributed by atoms with E-state index in [1.54, 1.807) is 24.3 Å². The fourth-order valence-electron chi connectivity index (χ4n) is 3.59. The largest absolute Gasteiger partial charge is 0.463 e. The fourth-order valence-corrected chi connectivity index (χ4v) is 4.60. The number of Topliss-reactive ketones (excluding diaryl/α,β-unsaturated/α-hetero) is 1. The van der Waals surface area contributed by atoms with E-state index in [9.17, 15) is 9.59 Å². The van der Waals surface area contributed by atoms with Crippen molar-refractivity contribution < 1.29 is 23.2 Å². The average molecular weight is 437 g/mol. The molecule has 3 aromatic heterocycles. The van der Waals surface area contributed by atoms with Gasteiger partial charge < -0.3 is 18.9 Å². The molecule has 0 aromatic carbocycles. The van der Waals surface area contributed by atoms with Crippen LogP contribution in [-0.4, -0.2) is 41.5 Å². The Balaban J connectivity index is 1.42. The van der Waals surface area contributed by atoms with Gasteiger partial charge in [0, 0.05) is 30.7 Å². The van der Waals surface area contributed by atoms with E-state index < -0.39 is 0 Å². The summed E-state index contributed by atoms with van der Waals surface area (Å²) in [6, 6.07) is 6.97. The van der Waals surface area contributed by atoms with Crippen molar-refractivity contribution in [2.24, 2.45) is 10.9 Å². The van der Waals surface area contributed by atoms with Crippen LogP contribution in [0.1, 0.15) is 29.0 Å². The highest BCUT2D eigenvalue weighted by Gasteiger charge is 2.31.